The molecule has 1 aliphatic rings. The van der Waals surface area contributed by atoms with Crippen LogP contribution < -0.4 is 0 Å². The molecule has 12 heavy (non-hydrogen) atoms. The van der Waals surface area contributed by atoms with Crippen LogP contribution in [0, 0.1) is 5.92 Å². The third-order valence-electron chi connectivity index (χ3n) is 2.48. The molecule has 68 valence electrons. The average molecular weight is 168 g/mol. The minimum absolute atomic E-state index is 0.00516. The lowest BCUT2D eigenvalue weighted by Gasteiger charge is -2.19. The third kappa shape index (κ3) is 2.76. The van der Waals surface area contributed by atoms with Gasteiger partial charge in [-0.25, -0.2) is 0 Å². The Morgan fingerprint density at radius 2 is 1.75 bits per heavy atom. The van der Waals surface area contributed by atoms with E-state index in [9.17, 15) is 9.59 Å². The maximum Gasteiger partial charge on any atom is 0.143 e. The first-order valence-electron chi connectivity index (χ1n) is 4.72. The van der Waals surface area contributed by atoms with Crippen molar-refractivity contribution in [2.24, 2.45) is 5.92 Å². The van der Waals surface area contributed by atoms with Gasteiger partial charge in [-0.05, 0) is 19.8 Å². The predicted octanol–water partition coefficient (Wildman–Crippen LogP) is 2.11. The Balaban J connectivity index is 2.34. The Kier molecular flexibility index (Phi) is 3.45. The summed E-state index contributed by atoms with van der Waals surface area (Å²) in [7, 11) is 0. The maximum absolute atomic E-state index is 11.4. The zero-order valence-electron chi connectivity index (χ0n) is 7.64. The van der Waals surface area contributed by atoms with Crippen molar-refractivity contribution in [2.45, 2.75) is 45.4 Å². The van der Waals surface area contributed by atoms with Crippen LogP contribution in [-0.2, 0) is 9.59 Å². The summed E-state index contributed by atoms with van der Waals surface area (Å²) in [6, 6.07) is 0. The first-order chi connectivity index (χ1) is 5.70. The fourth-order valence-electron chi connectivity index (χ4n) is 1.81. The number of carbonyl (C=O) groups is 2. The highest BCUT2D eigenvalue weighted by molar-refractivity contribution is 5.99. The summed E-state index contributed by atoms with van der Waals surface area (Å²) in [4.78, 5) is 22.1. The molecule has 0 aromatic carbocycles. The van der Waals surface area contributed by atoms with Crippen LogP contribution in [0.15, 0.2) is 0 Å². The highest BCUT2D eigenvalue weighted by atomic mass is 16.1. The van der Waals surface area contributed by atoms with E-state index in [4.69, 9.17) is 0 Å². The van der Waals surface area contributed by atoms with E-state index in [-0.39, 0.29) is 23.9 Å². The molecule has 0 radical (unpaired) electrons. The maximum atomic E-state index is 11.4. The standard InChI is InChI=1S/C10H16O2/c1-8(11)7-10(12)9-5-3-2-4-6-9/h9H,2-7H2,1H3. The van der Waals surface area contributed by atoms with Gasteiger partial charge in [-0.2, -0.15) is 0 Å². The van der Waals surface area contributed by atoms with Crippen LogP contribution in [-0.4, -0.2) is 11.6 Å². The second kappa shape index (κ2) is 4.39. The summed E-state index contributed by atoms with van der Waals surface area (Å²) in [5.74, 6) is 0.371. The van der Waals surface area contributed by atoms with Gasteiger partial charge >= 0.3 is 0 Å². The highest BCUT2D eigenvalue weighted by Gasteiger charge is 2.21. The van der Waals surface area contributed by atoms with E-state index >= 15 is 0 Å². The molecular formula is C10H16O2. The summed E-state index contributed by atoms with van der Waals surface area (Å²) < 4.78 is 0. The Labute approximate surface area is 73.3 Å². The molecule has 0 unspecified atom stereocenters. The molecule has 0 bridgehead atoms. The van der Waals surface area contributed by atoms with Gasteiger partial charge in [0, 0.05) is 5.92 Å². The summed E-state index contributed by atoms with van der Waals surface area (Å²) in [5.41, 5.74) is 0. The fourth-order valence-corrected chi connectivity index (χ4v) is 1.81. The number of carbonyl (C=O) groups excluding carboxylic acids is 2. The molecule has 1 rings (SSSR count). The van der Waals surface area contributed by atoms with E-state index < -0.39 is 0 Å². The lowest BCUT2D eigenvalue weighted by Crippen LogP contribution is -2.19. The topological polar surface area (TPSA) is 34.1 Å². The molecule has 1 saturated carbocycles. The van der Waals surface area contributed by atoms with Crippen molar-refractivity contribution in [3.05, 3.63) is 0 Å². The van der Waals surface area contributed by atoms with Gasteiger partial charge in [0.15, 0.2) is 0 Å². The van der Waals surface area contributed by atoms with Gasteiger partial charge < -0.3 is 0 Å². The van der Waals surface area contributed by atoms with Crippen LogP contribution in [0.5, 0.6) is 0 Å². The van der Waals surface area contributed by atoms with Crippen LogP contribution >= 0.6 is 0 Å². The number of Topliss-reactive ketones (excluding diaryl/α,β-unsaturated/α-hetero) is 2. The van der Waals surface area contributed by atoms with Crippen molar-refractivity contribution in [2.75, 3.05) is 0 Å². The van der Waals surface area contributed by atoms with Gasteiger partial charge in [0.1, 0.15) is 11.6 Å². The SMILES string of the molecule is CC(=O)CC(=O)C1CCCCC1. The molecular weight excluding hydrogens is 152 g/mol. The minimum atomic E-state index is 0.00516. The number of rotatable bonds is 3. The number of ketones is 2. The molecule has 1 aliphatic carbocycles. The lowest BCUT2D eigenvalue weighted by atomic mass is 9.85. The summed E-state index contributed by atoms with van der Waals surface area (Å²) >= 11 is 0. The zero-order chi connectivity index (χ0) is 8.97. The van der Waals surface area contributed by atoms with E-state index in [2.05, 4.69) is 0 Å². The molecule has 0 saturated heterocycles. The van der Waals surface area contributed by atoms with Crippen molar-refractivity contribution in [1.29, 1.82) is 0 Å². The molecule has 0 N–H and O–H groups in total. The van der Waals surface area contributed by atoms with E-state index in [0.717, 1.165) is 25.7 Å². The molecule has 0 amide bonds. The van der Waals surface area contributed by atoms with Gasteiger partial charge in [0.05, 0.1) is 6.42 Å². The van der Waals surface area contributed by atoms with E-state index in [1.54, 1.807) is 0 Å². The van der Waals surface area contributed by atoms with Gasteiger partial charge in [0.2, 0.25) is 0 Å². The monoisotopic (exact) mass is 168 g/mol. The van der Waals surface area contributed by atoms with E-state index in [0.29, 0.717) is 0 Å². The largest absolute Gasteiger partial charge is 0.300 e. The second-order valence-electron chi connectivity index (χ2n) is 3.68. The summed E-state index contributed by atoms with van der Waals surface area (Å²) in [5, 5.41) is 0. The number of hydrogen-bond acceptors (Lipinski definition) is 2. The van der Waals surface area contributed by atoms with Gasteiger partial charge in [-0.3, -0.25) is 9.59 Å². The van der Waals surface area contributed by atoms with Gasteiger partial charge in [-0.1, -0.05) is 19.3 Å². The molecule has 0 aliphatic heterocycles. The molecule has 0 aromatic rings. The Hall–Kier alpha value is -0.660. The number of hydrogen-bond donors (Lipinski definition) is 0. The Morgan fingerprint density at radius 3 is 2.25 bits per heavy atom. The lowest BCUT2D eigenvalue weighted by molar-refractivity contribution is -0.129. The quantitative estimate of drug-likeness (QED) is 0.605. The van der Waals surface area contributed by atoms with Crippen molar-refractivity contribution < 1.29 is 9.59 Å². The van der Waals surface area contributed by atoms with Crippen LogP contribution in [0.1, 0.15) is 45.4 Å². The van der Waals surface area contributed by atoms with E-state index in [1.807, 2.05) is 0 Å². The molecule has 0 aromatic heterocycles. The fraction of sp³-hybridized carbons (Fsp3) is 0.800. The molecule has 2 nitrogen and oxygen atoms in total. The van der Waals surface area contributed by atoms with Crippen LogP contribution in [0.25, 0.3) is 0 Å². The van der Waals surface area contributed by atoms with Crippen LogP contribution in [0.3, 0.4) is 0 Å². The Morgan fingerprint density at radius 1 is 1.17 bits per heavy atom. The predicted molar refractivity (Wildman–Crippen MR) is 46.9 cm³/mol. The van der Waals surface area contributed by atoms with Gasteiger partial charge in [-0.15, -0.1) is 0 Å². The van der Waals surface area contributed by atoms with Crippen molar-refractivity contribution in [3.63, 3.8) is 0 Å². The molecule has 2 heteroatoms. The van der Waals surface area contributed by atoms with Crippen molar-refractivity contribution in [3.8, 4) is 0 Å². The highest BCUT2D eigenvalue weighted by Crippen LogP contribution is 2.25. The smallest absolute Gasteiger partial charge is 0.143 e. The van der Waals surface area contributed by atoms with Crippen molar-refractivity contribution >= 4 is 11.6 Å². The molecule has 0 heterocycles. The van der Waals surface area contributed by atoms with Crippen LogP contribution in [0.4, 0.5) is 0 Å². The van der Waals surface area contributed by atoms with E-state index in [1.165, 1.54) is 13.3 Å². The van der Waals surface area contributed by atoms with Crippen molar-refractivity contribution in [1.82, 2.24) is 0 Å². The normalized spacial score (nSPS) is 19.1. The first-order valence-corrected chi connectivity index (χ1v) is 4.72. The first kappa shape index (κ1) is 9.43. The Bertz CT molecular complexity index is 178. The second-order valence-corrected chi connectivity index (χ2v) is 3.68. The molecule has 0 atom stereocenters. The zero-order valence-corrected chi connectivity index (χ0v) is 7.64. The molecule has 0 spiro atoms. The average Bonchev–Trinajstić information content (AvgIpc) is 2.05. The minimum Gasteiger partial charge on any atom is -0.300 e. The van der Waals surface area contributed by atoms with Crippen LogP contribution in [0.2, 0.25) is 0 Å². The third-order valence-corrected chi connectivity index (χ3v) is 2.48. The summed E-state index contributed by atoms with van der Waals surface area (Å²) in [6.07, 6.45) is 5.75. The summed E-state index contributed by atoms with van der Waals surface area (Å²) in [6.45, 7) is 1.49. The van der Waals surface area contributed by atoms with Gasteiger partial charge in [0.25, 0.3) is 0 Å². The molecule has 1 fully saturated rings.